The van der Waals surface area contributed by atoms with Crippen LogP contribution in [0, 0.1) is 6.92 Å². The van der Waals surface area contributed by atoms with Gasteiger partial charge in [0.2, 0.25) is 5.91 Å². The fourth-order valence-corrected chi connectivity index (χ4v) is 2.41. The molecule has 15 heavy (non-hydrogen) atoms. The number of aryl methyl sites for hydroxylation is 1. The number of rotatable bonds is 3. The molecule has 1 aromatic rings. The van der Waals surface area contributed by atoms with Crippen molar-refractivity contribution >= 4 is 22.4 Å². The van der Waals surface area contributed by atoms with Crippen molar-refractivity contribution in [3.63, 3.8) is 0 Å². The van der Waals surface area contributed by atoms with E-state index in [-0.39, 0.29) is 11.9 Å². The van der Waals surface area contributed by atoms with Crippen molar-refractivity contribution < 1.29 is 4.79 Å². The first-order chi connectivity index (χ1) is 7.22. The van der Waals surface area contributed by atoms with Crippen LogP contribution in [-0.2, 0) is 4.79 Å². The van der Waals surface area contributed by atoms with Gasteiger partial charge in [-0.3, -0.25) is 9.69 Å². The minimum absolute atomic E-state index is 0.00848. The Kier molecular flexibility index (Phi) is 3.02. The van der Waals surface area contributed by atoms with E-state index in [1.54, 1.807) is 4.90 Å². The number of likely N-dealkylation sites (N-methyl/N-ethyl adjacent to an activating group) is 1. The molecule has 1 aliphatic heterocycles. The maximum absolute atomic E-state index is 12.0. The molecule has 1 aliphatic rings. The zero-order chi connectivity index (χ0) is 10.8. The van der Waals surface area contributed by atoms with Crippen LogP contribution in [-0.4, -0.2) is 30.0 Å². The molecule has 1 amide bonds. The number of thiazole rings is 1. The summed E-state index contributed by atoms with van der Waals surface area (Å²) in [6.45, 7) is 5.56. The summed E-state index contributed by atoms with van der Waals surface area (Å²) in [6, 6.07) is 0.00848. The Hall–Kier alpha value is -0.940. The Bertz CT molecular complexity index is 359. The Morgan fingerprint density at radius 1 is 1.80 bits per heavy atom. The second-order valence-corrected chi connectivity index (χ2v) is 4.49. The number of hydrogen-bond donors (Lipinski definition) is 1. The average Bonchev–Trinajstić information content (AvgIpc) is 2.50. The topological polar surface area (TPSA) is 45.2 Å². The second kappa shape index (κ2) is 4.28. The van der Waals surface area contributed by atoms with Gasteiger partial charge in [-0.05, 0) is 26.8 Å². The lowest BCUT2D eigenvalue weighted by atomic mass is 10.1. The van der Waals surface area contributed by atoms with Crippen molar-refractivity contribution in [2.24, 2.45) is 0 Å². The molecule has 4 nitrogen and oxygen atoms in total. The van der Waals surface area contributed by atoms with E-state index in [4.69, 9.17) is 0 Å². The SMILES string of the molecule is CCN(C(=O)[C@H]1CCN1)c1nc(C)cs1. The highest BCUT2D eigenvalue weighted by Gasteiger charge is 2.29. The van der Waals surface area contributed by atoms with Gasteiger partial charge in [0.1, 0.15) is 0 Å². The Morgan fingerprint density at radius 2 is 2.53 bits per heavy atom. The monoisotopic (exact) mass is 225 g/mol. The quantitative estimate of drug-likeness (QED) is 0.839. The summed E-state index contributed by atoms with van der Waals surface area (Å²) in [5.41, 5.74) is 0.975. The molecule has 0 saturated carbocycles. The van der Waals surface area contributed by atoms with E-state index in [0.29, 0.717) is 6.54 Å². The van der Waals surface area contributed by atoms with Gasteiger partial charge in [0.25, 0.3) is 0 Å². The number of hydrogen-bond acceptors (Lipinski definition) is 4. The first-order valence-electron chi connectivity index (χ1n) is 5.19. The molecular weight excluding hydrogens is 210 g/mol. The number of nitrogens with one attached hydrogen (secondary N) is 1. The lowest BCUT2D eigenvalue weighted by Gasteiger charge is -2.30. The largest absolute Gasteiger partial charge is 0.306 e. The Morgan fingerprint density at radius 3 is 2.93 bits per heavy atom. The summed E-state index contributed by atoms with van der Waals surface area (Å²) < 4.78 is 0. The number of anilines is 1. The summed E-state index contributed by atoms with van der Waals surface area (Å²) >= 11 is 1.53. The molecule has 2 heterocycles. The van der Waals surface area contributed by atoms with Gasteiger partial charge >= 0.3 is 0 Å². The molecule has 0 aliphatic carbocycles. The van der Waals surface area contributed by atoms with Crippen LogP contribution in [0.25, 0.3) is 0 Å². The standard InChI is InChI=1S/C10H15N3OS/c1-3-13(9(14)8-4-5-11-8)10-12-7(2)6-15-10/h6,8,11H,3-5H2,1-2H3/t8-/m1/s1. The molecule has 0 spiro atoms. The molecule has 0 aromatic carbocycles. The number of amides is 1. The zero-order valence-electron chi connectivity index (χ0n) is 8.99. The van der Waals surface area contributed by atoms with Crippen molar-refractivity contribution in [3.05, 3.63) is 11.1 Å². The van der Waals surface area contributed by atoms with Crippen molar-refractivity contribution in [1.82, 2.24) is 10.3 Å². The van der Waals surface area contributed by atoms with Gasteiger partial charge in [0.05, 0.1) is 11.7 Å². The number of carbonyl (C=O) groups is 1. The third kappa shape index (κ3) is 2.03. The van der Waals surface area contributed by atoms with Gasteiger partial charge in [0, 0.05) is 11.9 Å². The third-order valence-corrected chi connectivity index (χ3v) is 3.52. The molecule has 1 aromatic heterocycles. The highest BCUT2D eigenvalue weighted by molar-refractivity contribution is 7.14. The maximum atomic E-state index is 12.0. The fraction of sp³-hybridized carbons (Fsp3) is 0.600. The molecule has 2 rings (SSSR count). The van der Waals surface area contributed by atoms with Crippen molar-refractivity contribution in [3.8, 4) is 0 Å². The van der Waals surface area contributed by atoms with E-state index in [1.165, 1.54) is 11.3 Å². The summed E-state index contributed by atoms with van der Waals surface area (Å²) in [4.78, 5) is 18.1. The minimum atomic E-state index is 0.00848. The van der Waals surface area contributed by atoms with E-state index in [2.05, 4.69) is 10.3 Å². The van der Waals surface area contributed by atoms with Gasteiger partial charge in [-0.1, -0.05) is 0 Å². The average molecular weight is 225 g/mol. The summed E-state index contributed by atoms with van der Waals surface area (Å²) in [5.74, 6) is 0.151. The van der Waals surface area contributed by atoms with Crippen molar-refractivity contribution in [2.75, 3.05) is 18.0 Å². The molecule has 1 atom stereocenters. The van der Waals surface area contributed by atoms with Gasteiger partial charge in [-0.25, -0.2) is 4.98 Å². The maximum Gasteiger partial charge on any atom is 0.245 e. The van der Waals surface area contributed by atoms with Crippen LogP contribution in [0.1, 0.15) is 19.0 Å². The van der Waals surface area contributed by atoms with Crippen LogP contribution in [0.3, 0.4) is 0 Å². The molecule has 1 fully saturated rings. The van der Waals surface area contributed by atoms with Crippen LogP contribution in [0.15, 0.2) is 5.38 Å². The fourth-order valence-electron chi connectivity index (χ4n) is 1.54. The molecule has 1 saturated heterocycles. The van der Waals surface area contributed by atoms with Gasteiger partial charge in [-0.15, -0.1) is 11.3 Å². The highest BCUT2D eigenvalue weighted by atomic mass is 32.1. The molecule has 5 heteroatoms. The normalized spacial score (nSPS) is 19.7. The lowest BCUT2D eigenvalue weighted by molar-refractivity contribution is -0.122. The van der Waals surface area contributed by atoms with Crippen molar-refractivity contribution in [2.45, 2.75) is 26.3 Å². The van der Waals surface area contributed by atoms with Crippen LogP contribution in [0.5, 0.6) is 0 Å². The predicted molar refractivity (Wildman–Crippen MR) is 61.3 cm³/mol. The van der Waals surface area contributed by atoms with Crippen LogP contribution in [0.4, 0.5) is 5.13 Å². The molecule has 82 valence electrons. The van der Waals surface area contributed by atoms with Gasteiger partial charge in [-0.2, -0.15) is 0 Å². The Balaban J connectivity index is 2.12. The number of carbonyl (C=O) groups excluding carboxylic acids is 1. The van der Waals surface area contributed by atoms with Crippen LogP contribution < -0.4 is 10.2 Å². The van der Waals surface area contributed by atoms with Gasteiger partial charge in [0.15, 0.2) is 5.13 Å². The van der Waals surface area contributed by atoms with E-state index >= 15 is 0 Å². The molecular formula is C10H15N3OS. The van der Waals surface area contributed by atoms with E-state index < -0.39 is 0 Å². The zero-order valence-corrected chi connectivity index (χ0v) is 9.80. The third-order valence-electron chi connectivity index (χ3n) is 2.54. The molecule has 0 radical (unpaired) electrons. The van der Waals surface area contributed by atoms with Crippen LogP contribution in [0.2, 0.25) is 0 Å². The first kappa shape index (κ1) is 10.6. The summed E-state index contributed by atoms with van der Waals surface area (Å²) in [5, 5.41) is 5.91. The Labute approximate surface area is 93.3 Å². The van der Waals surface area contributed by atoms with E-state index in [9.17, 15) is 4.79 Å². The lowest BCUT2D eigenvalue weighted by Crippen LogP contribution is -2.54. The first-order valence-corrected chi connectivity index (χ1v) is 6.07. The summed E-state index contributed by atoms with van der Waals surface area (Å²) in [6.07, 6.45) is 0.944. The van der Waals surface area contributed by atoms with Crippen molar-refractivity contribution in [1.29, 1.82) is 0 Å². The molecule has 1 N–H and O–H groups in total. The highest BCUT2D eigenvalue weighted by Crippen LogP contribution is 2.21. The summed E-state index contributed by atoms with van der Waals surface area (Å²) in [7, 11) is 0. The van der Waals surface area contributed by atoms with Gasteiger partial charge < -0.3 is 5.32 Å². The van der Waals surface area contributed by atoms with Crippen LogP contribution >= 0.6 is 11.3 Å². The smallest absolute Gasteiger partial charge is 0.245 e. The number of aromatic nitrogens is 1. The minimum Gasteiger partial charge on any atom is -0.306 e. The second-order valence-electron chi connectivity index (χ2n) is 3.65. The predicted octanol–water partition coefficient (Wildman–Crippen LogP) is 1.17. The molecule has 0 bridgehead atoms. The van der Waals surface area contributed by atoms with E-state index in [0.717, 1.165) is 23.8 Å². The number of nitrogens with zero attached hydrogens (tertiary/aromatic N) is 2. The molecule has 0 unspecified atom stereocenters. The van der Waals surface area contributed by atoms with E-state index in [1.807, 2.05) is 19.2 Å².